The first-order valence-corrected chi connectivity index (χ1v) is 11.1. The minimum Gasteiger partial charge on any atom is -0.483 e. The van der Waals surface area contributed by atoms with Crippen LogP contribution in [0.15, 0.2) is 54.6 Å². The lowest BCUT2D eigenvalue weighted by molar-refractivity contribution is -0.135. The van der Waals surface area contributed by atoms with Crippen molar-refractivity contribution >= 4 is 15.7 Å². The van der Waals surface area contributed by atoms with Crippen LogP contribution in [0.2, 0.25) is 0 Å². The van der Waals surface area contributed by atoms with E-state index >= 15 is 0 Å². The number of carbonyl (C=O) groups excluding carboxylic acids is 1. The molecule has 5 nitrogen and oxygen atoms in total. The maximum atomic E-state index is 12.8. The Morgan fingerprint density at radius 3 is 2.48 bits per heavy atom. The van der Waals surface area contributed by atoms with Gasteiger partial charge in [0.25, 0.3) is 5.91 Å². The van der Waals surface area contributed by atoms with Crippen molar-refractivity contribution in [2.75, 3.05) is 24.7 Å². The van der Waals surface area contributed by atoms with Gasteiger partial charge < -0.3 is 9.64 Å². The first-order chi connectivity index (χ1) is 13.0. The van der Waals surface area contributed by atoms with E-state index in [4.69, 9.17) is 4.74 Å². The predicted octanol–water partition coefficient (Wildman–Crippen LogP) is 3.16. The molecule has 0 N–H and O–H groups in total. The SMILES string of the molecule is CCCN(C(=O)COc1ccccc1-c1ccccc1)[C@H]1CCS(=O)(=O)C1. The summed E-state index contributed by atoms with van der Waals surface area (Å²) in [4.78, 5) is 14.4. The highest BCUT2D eigenvalue weighted by molar-refractivity contribution is 7.91. The zero-order valence-corrected chi connectivity index (χ0v) is 16.3. The average molecular weight is 388 g/mol. The Labute approximate surface area is 160 Å². The van der Waals surface area contributed by atoms with E-state index in [1.807, 2.05) is 61.5 Å². The van der Waals surface area contributed by atoms with Gasteiger partial charge >= 0.3 is 0 Å². The van der Waals surface area contributed by atoms with Gasteiger partial charge in [-0.1, -0.05) is 55.5 Å². The average Bonchev–Trinajstić information content (AvgIpc) is 3.04. The number of hydrogen-bond donors (Lipinski definition) is 0. The summed E-state index contributed by atoms with van der Waals surface area (Å²) in [5, 5.41) is 0. The van der Waals surface area contributed by atoms with Crippen molar-refractivity contribution in [2.24, 2.45) is 0 Å². The molecule has 0 aromatic heterocycles. The number of amides is 1. The minimum atomic E-state index is -3.04. The van der Waals surface area contributed by atoms with E-state index in [1.165, 1.54) is 0 Å². The molecular weight excluding hydrogens is 362 g/mol. The number of carbonyl (C=O) groups is 1. The molecule has 3 rings (SSSR count). The molecule has 0 aliphatic carbocycles. The Morgan fingerprint density at radius 1 is 1.11 bits per heavy atom. The largest absolute Gasteiger partial charge is 0.483 e. The summed E-state index contributed by atoms with van der Waals surface area (Å²) < 4.78 is 29.4. The Hall–Kier alpha value is -2.34. The molecule has 0 spiro atoms. The first-order valence-electron chi connectivity index (χ1n) is 9.27. The summed E-state index contributed by atoms with van der Waals surface area (Å²) in [6.45, 7) is 2.43. The molecule has 0 bridgehead atoms. The highest BCUT2D eigenvalue weighted by Crippen LogP contribution is 2.29. The van der Waals surface area contributed by atoms with E-state index in [1.54, 1.807) is 4.90 Å². The van der Waals surface area contributed by atoms with E-state index in [2.05, 4.69) is 0 Å². The minimum absolute atomic E-state index is 0.0549. The van der Waals surface area contributed by atoms with Crippen LogP contribution in [-0.2, 0) is 14.6 Å². The summed E-state index contributed by atoms with van der Waals surface area (Å²) in [6, 6.07) is 17.2. The third-order valence-corrected chi connectivity index (χ3v) is 6.51. The molecule has 144 valence electrons. The van der Waals surface area contributed by atoms with Gasteiger partial charge in [0.15, 0.2) is 16.4 Å². The summed E-state index contributed by atoms with van der Waals surface area (Å²) in [6.07, 6.45) is 1.29. The van der Waals surface area contributed by atoms with Crippen LogP contribution < -0.4 is 4.74 Å². The zero-order valence-electron chi connectivity index (χ0n) is 15.5. The van der Waals surface area contributed by atoms with Gasteiger partial charge in [-0.3, -0.25) is 4.79 Å². The fourth-order valence-corrected chi connectivity index (χ4v) is 5.17. The van der Waals surface area contributed by atoms with Crippen molar-refractivity contribution in [3.8, 4) is 16.9 Å². The monoisotopic (exact) mass is 387 g/mol. The van der Waals surface area contributed by atoms with Gasteiger partial charge in [0.05, 0.1) is 11.5 Å². The molecular formula is C21H25NO4S. The smallest absolute Gasteiger partial charge is 0.260 e. The summed E-state index contributed by atoms with van der Waals surface area (Å²) in [5.74, 6) is 0.691. The fraction of sp³-hybridized carbons (Fsp3) is 0.381. The van der Waals surface area contributed by atoms with Crippen LogP contribution in [0.3, 0.4) is 0 Å². The van der Waals surface area contributed by atoms with Gasteiger partial charge in [0.2, 0.25) is 0 Å². The van der Waals surface area contributed by atoms with E-state index < -0.39 is 9.84 Å². The number of nitrogens with zero attached hydrogens (tertiary/aromatic N) is 1. The van der Waals surface area contributed by atoms with Crippen molar-refractivity contribution in [1.29, 1.82) is 0 Å². The fourth-order valence-electron chi connectivity index (χ4n) is 3.44. The molecule has 2 aromatic rings. The lowest BCUT2D eigenvalue weighted by atomic mass is 10.1. The number of para-hydroxylation sites is 1. The highest BCUT2D eigenvalue weighted by Gasteiger charge is 2.34. The second-order valence-electron chi connectivity index (χ2n) is 6.79. The third kappa shape index (κ3) is 4.89. The van der Waals surface area contributed by atoms with E-state index in [0.29, 0.717) is 18.7 Å². The molecule has 0 unspecified atom stereocenters. The van der Waals surface area contributed by atoms with Crippen LogP contribution in [0, 0.1) is 0 Å². The van der Waals surface area contributed by atoms with Crippen LogP contribution in [0.5, 0.6) is 5.75 Å². The Kier molecular flexibility index (Phi) is 6.16. The third-order valence-electron chi connectivity index (χ3n) is 4.76. The molecule has 1 amide bonds. The van der Waals surface area contributed by atoms with Crippen LogP contribution in [0.1, 0.15) is 19.8 Å². The van der Waals surface area contributed by atoms with Gasteiger partial charge in [-0.15, -0.1) is 0 Å². The summed E-state index contributed by atoms with van der Waals surface area (Å²) >= 11 is 0. The number of benzene rings is 2. The van der Waals surface area contributed by atoms with Gasteiger partial charge in [0.1, 0.15) is 5.75 Å². The molecule has 1 aliphatic heterocycles. The van der Waals surface area contributed by atoms with Crippen LogP contribution in [0.4, 0.5) is 0 Å². The number of ether oxygens (including phenoxy) is 1. The van der Waals surface area contributed by atoms with Crippen molar-refractivity contribution in [3.63, 3.8) is 0 Å². The Morgan fingerprint density at radius 2 is 1.81 bits per heavy atom. The highest BCUT2D eigenvalue weighted by atomic mass is 32.2. The number of sulfone groups is 1. The second kappa shape index (κ2) is 8.57. The molecule has 2 aromatic carbocycles. The van der Waals surface area contributed by atoms with Crippen LogP contribution >= 0.6 is 0 Å². The van der Waals surface area contributed by atoms with Crippen molar-refractivity contribution < 1.29 is 17.9 Å². The van der Waals surface area contributed by atoms with Crippen LogP contribution in [-0.4, -0.2) is 49.9 Å². The molecule has 1 fully saturated rings. The molecule has 0 radical (unpaired) electrons. The Bertz CT molecular complexity index is 880. The van der Waals surface area contributed by atoms with E-state index in [0.717, 1.165) is 17.5 Å². The maximum Gasteiger partial charge on any atom is 0.260 e. The molecule has 0 saturated carbocycles. The van der Waals surface area contributed by atoms with Gasteiger partial charge in [-0.05, 0) is 24.5 Å². The van der Waals surface area contributed by atoms with Gasteiger partial charge in [-0.2, -0.15) is 0 Å². The normalized spacial score (nSPS) is 18.2. The quantitative estimate of drug-likeness (QED) is 0.732. The molecule has 1 heterocycles. The zero-order chi connectivity index (χ0) is 19.3. The van der Waals surface area contributed by atoms with Gasteiger partial charge in [-0.25, -0.2) is 8.42 Å². The molecule has 1 aliphatic rings. The number of hydrogen-bond acceptors (Lipinski definition) is 4. The van der Waals surface area contributed by atoms with Gasteiger partial charge in [0, 0.05) is 18.2 Å². The Balaban J connectivity index is 1.71. The van der Waals surface area contributed by atoms with Crippen molar-refractivity contribution in [2.45, 2.75) is 25.8 Å². The molecule has 27 heavy (non-hydrogen) atoms. The number of rotatable bonds is 7. The first kappa shape index (κ1) is 19.4. The van der Waals surface area contributed by atoms with E-state index in [-0.39, 0.29) is 30.1 Å². The summed E-state index contributed by atoms with van der Waals surface area (Å²) in [7, 11) is -3.04. The molecule has 6 heteroatoms. The molecule has 1 atom stereocenters. The van der Waals surface area contributed by atoms with E-state index in [9.17, 15) is 13.2 Å². The predicted molar refractivity (Wildman–Crippen MR) is 106 cm³/mol. The summed E-state index contributed by atoms with van der Waals surface area (Å²) in [5.41, 5.74) is 1.95. The lowest BCUT2D eigenvalue weighted by Crippen LogP contribution is -2.44. The second-order valence-corrected chi connectivity index (χ2v) is 9.02. The maximum absolute atomic E-state index is 12.8. The molecule has 1 saturated heterocycles. The van der Waals surface area contributed by atoms with Crippen molar-refractivity contribution in [1.82, 2.24) is 4.90 Å². The van der Waals surface area contributed by atoms with Crippen LogP contribution in [0.25, 0.3) is 11.1 Å². The topological polar surface area (TPSA) is 63.7 Å². The van der Waals surface area contributed by atoms with Crippen molar-refractivity contribution in [3.05, 3.63) is 54.6 Å². The lowest BCUT2D eigenvalue weighted by Gasteiger charge is -2.28. The standard InChI is InChI=1S/C21H25NO4S/c1-2-13-22(18-12-14-27(24,25)16-18)21(23)15-26-20-11-7-6-10-19(20)17-8-4-3-5-9-17/h3-11,18H,2,12-16H2,1H3/t18-/m0/s1.